The first kappa shape index (κ1) is 30.2. The molecule has 0 bridgehead atoms. The Balaban J connectivity index is 0.00000216. The van der Waals surface area contributed by atoms with Gasteiger partial charge in [-0.05, 0) is 50.9 Å². The highest BCUT2D eigenvalue weighted by atomic mass is 16.5. The van der Waals surface area contributed by atoms with Crippen LogP contribution in [0.3, 0.4) is 0 Å². The first-order chi connectivity index (χ1) is 19.5. The molecule has 1 amide bonds. The lowest BCUT2D eigenvalue weighted by Gasteiger charge is -2.31. The second kappa shape index (κ2) is 15.3. The Morgan fingerprint density at radius 3 is 2.05 bits per heavy atom. The topological polar surface area (TPSA) is 103 Å². The Hall–Kier alpha value is -4.36. The van der Waals surface area contributed by atoms with E-state index in [4.69, 9.17) is 9.47 Å². The Bertz CT molecular complexity index is 1330. The van der Waals surface area contributed by atoms with Crippen LogP contribution in [0.15, 0.2) is 107 Å². The molecule has 1 atom stereocenters. The number of dihydropyridines is 1. The van der Waals surface area contributed by atoms with Crippen LogP contribution >= 0.6 is 0 Å². The molecule has 1 heterocycles. The van der Waals surface area contributed by atoms with Crippen molar-refractivity contribution in [3.05, 3.63) is 124 Å². The fourth-order valence-corrected chi connectivity index (χ4v) is 4.76. The normalized spacial score (nSPS) is 14.5. The standard InChI is InChI=1S/C32H34N2O4.CH5N/c1-22-28(31(35)33-3)30(26-18-10-11-19-27(26)38-21-25-15-8-5-9-16-25)29(23(2)34-22)32(36)37-20-12-17-24-13-6-4-7-14-24;1-2/h4-11,13-16,18-19,30,34H,12,17,20-21H2,1-3H3,(H,33,35);2H2,1H3. The lowest BCUT2D eigenvalue weighted by molar-refractivity contribution is -0.139. The number of para-hydroxylation sites is 1. The van der Waals surface area contributed by atoms with Gasteiger partial charge in [-0.15, -0.1) is 0 Å². The van der Waals surface area contributed by atoms with Gasteiger partial charge in [0.1, 0.15) is 12.4 Å². The zero-order chi connectivity index (χ0) is 28.9. The van der Waals surface area contributed by atoms with Crippen LogP contribution in [0.25, 0.3) is 0 Å². The van der Waals surface area contributed by atoms with Gasteiger partial charge < -0.3 is 25.8 Å². The van der Waals surface area contributed by atoms with Crippen LogP contribution in [0.5, 0.6) is 5.75 Å². The second-order valence-electron chi connectivity index (χ2n) is 9.25. The molecule has 0 radical (unpaired) electrons. The summed E-state index contributed by atoms with van der Waals surface area (Å²) in [6.45, 7) is 4.33. The zero-order valence-electron chi connectivity index (χ0n) is 23.7. The molecule has 40 heavy (non-hydrogen) atoms. The number of rotatable bonds is 10. The molecule has 0 aliphatic carbocycles. The van der Waals surface area contributed by atoms with E-state index in [0.29, 0.717) is 41.3 Å². The molecule has 0 aromatic heterocycles. The van der Waals surface area contributed by atoms with Crippen molar-refractivity contribution in [2.75, 3.05) is 20.7 Å². The molecule has 0 saturated carbocycles. The third kappa shape index (κ3) is 7.61. The van der Waals surface area contributed by atoms with Gasteiger partial charge in [0.15, 0.2) is 0 Å². The third-order valence-electron chi connectivity index (χ3n) is 6.60. The maximum atomic E-state index is 13.5. The molecule has 4 rings (SSSR count). The van der Waals surface area contributed by atoms with E-state index in [0.717, 1.165) is 17.5 Å². The van der Waals surface area contributed by atoms with Gasteiger partial charge in [0, 0.05) is 29.6 Å². The molecule has 4 N–H and O–H groups in total. The minimum absolute atomic E-state index is 0.264. The van der Waals surface area contributed by atoms with Crippen molar-refractivity contribution < 1.29 is 19.1 Å². The molecule has 0 saturated heterocycles. The van der Waals surface area contributed by atoms with Crippen LogP contribution in [0.4, 0.5) is 0 Å². The molecule has 0 spiro atoms. The Labute approximate surface area is 237 Å². The average molecular weight is 542 g/mol. The predicted octanol–water partition coefficient (Wildman–Crippen LogP) is 5.00. The van der Waals surface area contributed by atoms with Crippen LogP contribution in [0.1, 0.15) is 42.9 Å². The van der Waals surface area contributed by atoms with Gasteiger partial charge in [-0.1, -0.05) is 78.9 Å². The van der Waals surface area contributed by atoms with E-state index in [1.54, 1.807) is 7.05 Å². The fraction of sp³-hybridized carbons (Fsp3) is 0.273. The number of allylic oxidation sites excluding steroid dienone is 2. The van der Waals surface area contributed by atoms with Crippen LogP contribution in [0.2, 0.25) is 0 Å². The number of nitrogens with two attached hydrogens (primary N) is 1. The number of benzene rings is 3. The number of amides is 1. The number of hydrogen-bond donors (Lipinski definition) is 3. The minimum Gasteiger partial charge on any atom is -0.489 e. The van der Waals surface area contributed by atoms with Gasteiger partial charge in [-0.25, -0.2) is 4.79 Å². The number of aryl methyl sites for hydroxylation is 1. The Kier molecular flexibility index (Phi) is 11.5. The molecule has 3 aromatic carbocycles. The lowest BCUT2D eigenvalue weighted by atomic mass is 9.79. The van der Waals surface area contributed by atoms with Gasteiger partial charge in [0.05, 0.1) is 18.1 Å². The summed E-state index contributed by atoms with van der Waals surface area (Å²) in [5, 5.41) is 5.96. The SMILES string of the molecule is CN.CNC(=O)C1=C(C)NC(C)=C(C(=O)OCCCc2ccccc2)C1c1ccccc1OCc1ccccc1. The van der Waals surface area contributed by atoms with Crippen molar-refractivity contribution >= 4 is 11.9 Å². The van der Waals surface area contributed by atoms with E-state index in [9.17, 15) is 9.59 Å². The zero-order valence-corrected chi connectivity index (χ0v) is 23.7. The van der Waals surface area contributed by atoms with E-state index in [1.165, 1.54) is 12.6 Å². The number of carbonyl (C=O) groups is 2. The Morgan fingerprint density at radius 1 is 0.825 bits per heavy atom. The van der Waals surface area contributed by atoms with Crippen LogP contribution in [0, 0.1) is 0 Å². The highest BCUT2D eigenvalue weighted by molar-refractivity contribution is 6.02. The summed E-state index contributed by atoms with van der Waals surface area (Å²) in [5.41, 5.74) is 9.67. The molecule has 7 heteroatoms. The molecular formula is C33H39N3O4. The average Bonchev–Trinajstić information content (AvgIpc) is 2.99. The highest BCUT2D eigenvalue weighted by Crippen LogP contribution is 2.42. The van der Waals surface area contributed by atoms with Crippen LogP contribution in [-0.2, 0) is 27.4 Å². The van der Waals surface area contributed by atoms with Crippen LogP contribution in [-0.4, -0.2) is 32.6 Å². The molecule has 1 aliphatic heterocycles. The summed E-state index contributed by atoms with van der Waals surface area (Å²) in [6.07, 6.45) is 1.51. The van der Waals surface area contributed by atoms with E-state index in [-0.39, 0.29) is 12.5 Å². The highest BCUT2D eigenvalue weighted by Gasteiger charge is 2.38. The molecule has 0 fully saturated rings. The summed E-state index contributed by atoms with van der Waals surface area (Å²) in [6, 6.07) is 27.5. The molecule has 7 nitrogen and oxygen atoms in total. The number of hydrogen-bond acceptors (Lipinski definition) is 6. The van der Waals surface area contributed by atoms with E-state index in [2.05, 4.69) is 28.5 Å². The maximum Gasteiger partial charge on any atom is 0.336 e. The molecule has 1 aliphatic rings. The van der Waals surface area contributed by atoms with E-state index < -0.39 is 11.9 Å². The van der Waals surface area contributed by atoms with E-state index in [1.807, 2.05) is 86.6 Å². The number of ether oxygens (including phenoxy) is 2. The van der Waals surface area contributed by atoms with Crippen molar-refractivity contribution in [3.8, 4) is 5.75 Å². The maximum absolute atomic E-state index is 13.5. The third-order valence-corrected chi connectivity index (χ3v) is 6.60. The Morgan fingerprint density at radius 2 is 1.40 bits per heavy atom. The number of esters is 1. The van der Waals surface area contributed by atoms with Gasteiger partial charge in [-0.2, -0.15) is 0 Å². The molecule has 3 aromatic rings. The van der Waals surface area contributed by atoms with Crippen molar-refractivity contribution in [1.29, 1.82) is 0 Å². The van der Waals surface area contributed by atoms with Gasteiger partial charge in [0.25, 0.3) is 0 Å². The van der Waals surface area contributed by atoms with Gasteiger partial charge in [0.2, 0.25) is 5.91 Å². The van der Waals surface area contributed by atoms with Gasteiger partial charge in [-0.3, -0.25) is 4.79 Å². The predicted molar refractivity (Wildman–Crippen MR) is 158 cm³/mol. The van der Waals surface area contributed by atoms with Crippen LogP contribution < -0.4 is 21.1 Å². The first-order valence-electron chi connectivity index (χ1n) is 13.4. The number of carbonyl (C=O) groups excluding carboxylic acids is 2. The van der Waals surface area contributed by atoms with E-state index >= 15 is 0 Å². The summed E-state index contributed by atoms with van der Waals surface area (Å²) in [5.74, 6) is -0.746. The number of nitrogens with one attached hydrogen (secondary N) is 2. The summed E-state index contributed by atoms with van der Waals surface area (Å²) in [7, 11) is 3.09. The lowest BCUT2D eigenvalue weighted by Crippen LogP contribution is -2.35. The minimum atomic E-state index is -0.648. The summed E-state index contributed by atoms with van der Waals surface area (Å²) < 4.78 is 12.0. The smallest absolute Gasteiger partial charge is 0.336 e. The molecule has 1 unspecified atom stereocenters. The number of likely N-dealkylation sites (N-methyl/N-ethyl adjacent to an activating group) is 1. The molecular weight excluding hydrogens is 502 g/mol. The van der Waals surface area contributed by atoms with Gasteiger partial charge >= 0.3 is 5.97 Å². The second-order valence-corrected chi connectivity index (χ2v) is 9.25. The summed E-state index contributed by atoms with van der Waals surface area (Å²) in [4.78, 5) is 26.7. The van der Waals surface area contributed by atoms with Crippen molar-refractivity contribution in [1.82, 2.24) is 10.6 Å². The largest absolute Gasteiger partial charge is 0.489 e. The first-order valence-corrected chi connectivity index (χ1v) is 13.4. The molecule has 210 valence electrons. The quantitative estimate of drug-likeness (QED) is 0.247. The monoisotopic (exact) mass is 541 g/mol. The summed E-state index contributed by atoms with van der Waals surface area (Å²) >= 11 is 0. The fourth-order valence-electron chi connectivity index (χ4n) is 4.76. The van der Waals surface area contributed by atoms with Crippen molar-refractivity contribution in [3.63, 3.8) is 0 Å². The van der Waals surface area contributed by atoms with Crippen molar-refractivity contribution in [2.45, 2.75) is 39.2 Å². The van der Waals surface area contributed by atoms with Crippen molar-refractivity contribution in [2.24, 2.45) is 5.73 Å².